The molecule has 7 heteroatoms. The van der Waals surface area contributed by atoms with Crippen LogP contribution in [0.15, 0.2) is 24.3 Å². The molecule has 1 aromatic carbocycles. The summed E-state index contributed by atoms with van der Waals surface area (Å²) < 4.78 is 18.0. The molecular weight excluding hydrogens is 331 g/mol. The zero-order chi connectivity index (χ0) is 17.9. The first-order chi connectivity index (χ1) is 11.2. The van der Waals surface area contributed by atoms with Crippen molar-refractivity contribution < 1.29 is 18.7 Å². The summed E-state index contributed by atoms with van der Waals surface area (Å²) in [5.74, 6) is -1.30. The molecule has 24 heavy (non-hydrogen) atoms. The number of hydrogen-bond acceptors (Lipinski definition) is 5. The number of nitrogens with one attached hydrogen (secondary N) is 1. The third-order valence-corrected chi connectivity index (χ3v) is 4.11. The molecule has 128 valence electrons. The lowest BCUT2D eigenvalue weighted by Gasteiger charge is -2.20. The van der Waals surface area contributed by atoms with E-state index >= 15 is 0 Å². The van der Waals surface area contributed by atoms with E-state index in [2.05, 4.69) is 10.3 Å². The second-order valence-electron chi connectivity index (χ2n) is 6.31. The predicted octanol–water partition coefficient (Wildman–Crippen LogP) is 3.33. The van der Waals surface area contributed by atoms with E-state index in [0.29, 0.717) is 21.1 Å². The number of esters is 1. The van der Waals surface area contributed by atoms with Gasteiger partial charge in [0.15, 0.2) is 6.61 Å². The van der Waals surface area contributed by atoms with Gasteiger partial charge in [-0.3, -0.25) is 4.79 Å². The van der Waals surface area contributed by atoms with Crippen LogP contribution in [-0.4, -0.2) is 29.0 Å². The molecule has 0 fully saturated rings. The number of benzene rings is 1. The Morgan fingerprint density at radius 3 is 2.46 bits per heavy atom. The first kappa shape index (κ1) is 18.1. The summed E-state index contributed by atoms with van der Waals surface area (Å²) in [6, 6.07) is 5.86. The van der Waals surface area contributed by atoms with Gasteiger partial charge in [-0.15, -0.1) is 11.3 Å². The molecule has 5 nitrogen and oxygen atoms in total. The molecular formula is C17H19FN2O3S. The van der Waals surface area contributed by atoms with Crippen molar-refractivity contribution in [3.8, 4) is 10.6 Å². The van der Waals surface area contributed by atoms with Gasteiger partial charge < -0.3 is 10.1 Å². The highest BCUT2D eigenvalue weighted by Gasteiger charge is 2.20. The largest absolute Gasteiger partial charge is 0.451 e. The number of carbonyl (C=O) groups is 2. The minimum atomic E-state index is -0.595. The molecule has 1 heterocycles. The van der Waals surface area contributed by atoms with E-state index in [4.69, 9.17) is 4.74 Å². The third kappa shape index (κ3) is 4.86. The van der Waals surface area contributed by atoms with Crippen molar-refractivity contribution >= 4 is 23.2 Å². The van der Waals surface area contributed by atoms with E-state index in [9.17, 15) is 14.0 Å². The number of aromatic nitrogens is 1. The van der Waals surface area contributed by atoms with Crippen LogP contribution in [0, 0.1) is 12.7 Å². The minimum absolute atomic E-state index is 0.331. The van der Waals surface area contributed by atoms with Crippen molar-refractivity contribution in [1.29, 1.82) is 0 Å². The molecule has 0 aliphatic rings. The van der Waals surface area contributed by atoms with Crippen LogP contribution >= 0.6 is 11.3 Å². The van der Waals surface area contributed by atoms with Gasteiger partial charge in [0.2, 0.25) is 0 Å². The average Bonchev–Trinajstić information content (AvgIpc) is 2.86. The fraction of sp³-hybridized carbons (Fsp3) is 0.353. The van der Waals surface area contributed by atoms with Gasteiger partial charge in [0.25, 0.3) is 5.91 Å². The minimum Gasteiger partial charge on any atom is -0.451 e. The van der Waals surface area contributed by atoms with Gasteiger partial charge in [-0.1, -0.05) is 0 Å². The van der Waals surface area contributed by atoms with Gasteiger partial charge >= 0.3 is 5.97 Å². The Kier molecular flexibility index (Phi) is 5.33. The van der Waals surface area contributed by atoms with E-state index in [1.165, 1.54) is 12.1 Å². The molecule has 1 amide bonds. The zero-order valence-corrected chi connectivity index (χ0v) is 14.8. The Morgan fingerprint density at radius 2 is 1.88 bits per heavy atom. The van der Waals surface area contributed by atoms with Gasteiger partial charge in [0.1, 0.15) is 15.7 Å². The molecule has 0 saturated heterocycles. The Bertz CT molecular complexity index is 748. The van der Waals surface area contributed by atoms with Crippen molar-refractivity contribution in [1.82, 2.24) is 10.3 Å². The number of carbonyl (C=O) groups excluding carboxylic acids is 2. The van der Waals surface area contributed by atoms with Gasteiger partial charge in [0.05, 0.1) is 5.69 Å². The molecule has 0 bridgehead atoms. The standard InChI is InChI=1S/C17H19FN2O3S/c1-10-14(16(22)23-9-13(21)20-17(2,3)4)24-15(19-10)11-5-7-12(18)8-6-11/h5-8H,9H2,1-4H3,(H,20,21). The highest BCUT2D eigenvalue weighted by Crippen LogP contribution is 2.28. The monoisotopic (exact) mass is 350 g/mol. The number of aryl methyl sites for hydroxylation is 1. The van der Waals surface area contributed by atoms with Crippen molar-refractivity contribution in [2.75, 3.05) is 6.61 Å². The summed E-state index contributed by atoms with van der Waals surface area (Å²) in [5, 5.41) is 3.31. The van der Waals surface area contributed by atoms with Crippen LogP contribution in [0.3, 0.4) is 0 Å². The summed E-state index contributed by atoms with van der Waals surface area (Å²) in [6.45, 7) is 6.87. The molecule has 0 aliphatic carbocycles. The normalized spacial score (nSPS) is 11.2. The predicted molar refractivity (Wildman–Crippen MR) is 90.4 cm³/mol. The summed E-state index contributed by atoms with van der Waals surface area (Å²) >= 11 is 1.15. The molecule has 0 saturated carbocycles. The fourth-order valence-electron chi connectivity index (χ4n) is 1.95. The zero-order valence-electron chi connectivity index (χ0n) is 14.0. The number of amides is 1. The number of nitrogens with zero attached hydrogens (tertiary/aromatic N) is 1. The van der Waals surface area contributed by atoms with Crippen molar-refractivity contribution in [2.45, 2.75) is 33.2 Å². The van der Waals surface area contributed by atoms with Gasteiger partial charge in [-0.2, -0.15) is 0 Å². The van der Waals surface area contributed by atoms with Crippen LogP contribution in [0.2, 0.25) is 0 Å². The molecule has 0 radical (unpaired) electrons. The summed E-state index contributed by atoms with van der Waals surface area (Å²) in [7, 11) is 0. The molecule has 1 N–H and O–H groups in total. The first-order valence-corrected chi connectivity index (χ1v) is 8.19. The van der Waals surface area contributed by atoms with E-state index in [-0.39, 0.29) is 23.9 Å². The van der Waals surface area contributed by atoms with Crippen LogP contribution < -0.4 is 5.32 Å². The Hall–Kier alpha value is -2.28. The van der Waals surface area contributed by atoms with Crippen LogP contribution in [0.25, 0.3) is 10.6 Å². The summed E-state index contributed by atoms with van der Waals surface area (Å²) in [6.07, 6.45) is 0. The lowest BCUT2D eigenvalue weighted by molar-refractivity contribution is -0.125. The van der Waals surface area contributed by atoms with Crippen molar-refractivity contribution in [3.63, 3.8) is 0 Å². The van der Waals surface area contributed by atoms with Crippen molar-refractivity contribution in [3.05, 3.63) is 40.7 Å². The summed E-state index contributed by atoms with van der Waals surface area (Å²) in [5.41, 5.74) is 0.842. The molecule has 0 atom stereocenters. The molecule has 2 rings (SSSR count). The molecule has 1 aromatic heterocycles. The van der Waals surface area contributed by atoms with Crippen LogP contribution in [0.4, 0.5) is 4.39 Å². The van der Waals surface area contributed by atoms with Crippen LogP contribution in [0.1, 0.15) is 36.1 Å². The molecule has 0 unspecified atom stereocenters. The lowest BCUT2D eigenvalue weighted by atomic mass is 10.1. The van der Waals surface area contributed by atoms with Crippen molar-refractivity contribution in [2.24, 2.45) is 0 Å². The third-order valence-electron chi connectivity index (χ3n) is 2.92. The van der Waals surface area contributed by atoms with Gasteiger partial charge in [-0.05, 0) is 52.0 Å². The number of hydrogen-bond donors (Lipinski definition) is 1. The number of rotatable bonds is 4. The average molecular weight is 350 g/mol. The molecule has 0 aliphatic heterocycles. The maximum Gasteiger partial charge on any atom is 0.350 e. The second kappa shape index (κ2) is 7.09. The van der Waals surface area contributed by atoms with E-state index in [1.54, 1.807) is 19.1 Å². The highest BCUT2D eigenvalue weighted by molar-refractivity contribution is 7.17. The highest BCUT2D eigenvalue weighted by atomic mass is 32.1. The van der Waals surface area contributed by atoms with Crippen LogP contribution in [-0.2, 0) is 9.53 Å². The number of halogens is 1. The maximum atomic E-state index is 13.0. The van der Waals surface area contributed by atoms with E-state index in [0.717, 1.165) is 11.3 Å². The first-order valence-electron chi connectivity index (χ1n) is 7.37. The van der Waals surface area contributed by atoms with Gasteiger partial charge in [-0.25, -0.2) is 14.2 Å². The Labute approximate surface area is 143 Å². The molecule has 2 aromatic rings. The van der Waals surface area contributed by atoms with Gasteiger partial charge in [0, 0.05) is 11.1 Å². The second-order valence-corrected chi connectivity index (χ2v) is 7.31. The Morgan fingerprint density at radius 1 is 1.25 bits per heavy atom. The maximum absolute atomic E-state index is 13.0. The quantitative estimate of drug-likeness (QED) is 0.859. The fourth-order valence-corrected chi connectivity index (χ4v) is 2.92. The number of ether oxygens (including phenoxy) is 1. The SMILES string of the molecule is Cc1nc(-c2ccc(F)cc2)sc1C(=O)OCC(=O)NC(C)(C)C. The lowest BCUT2D eigenvalue weighted by Crippen LogP contribution is -2.42. The van der Waals surface area contributed by atoms with E-state index in [1.807, 2.05) is 20.8 Å². The van der Waals surface area contributed by atoms with Crippen LogP contribution in [0.5, 0.6) is 0 Å². The Balaban J connectivity index is 2.05. The van der Waals surface area contributed by atoms with E-state index < -0.39 is 5.97 Å². The molecule has 0 spiro atoms. The smallest absolute Gasteiger partial charge is 0.350 e. The summed E-state index contributed by atoms with van der Waals surface area (Å²) in [4.78, 5) is 28.5. The number of thiazole rings is 1. The topological polar surface area (TPSA) is 68.3 Å².